The second-order valence-electron chi connectivity index (χ2n) is 5.81. The van der Waals surface area contributed by atoms with Crippen LogP contribution in [0.5, 0.6) is 0 Å². The van der Waals surface area contributed by atoms with Crippen LogP contribution in [0.3, 0.4) is 0 Å². The van der Waals surface area contributed by atoms with E-state index in [4.69, 9.17) is 11.6 Å². The van der Waals surface area contributed by atoms with E-state index < -0.39 is 35.7 Å². The lowest BCUT2D eigenvalue weighted by molar-refractivity contribution is -0.311. The van der Waals surface area contributed by atoms with Crippen molar-refractivity contribution in [1.29, 1.82) is 0 Å². The van der Waals surface area contributed by atoms with E-state index in [0.717, 1.165) is 4.90 Å². The number of carbonyl (C=O) groups is 3. The molecular formula is C14H17ClNO4-. The van der Waals surface area contributed by atoms with Crippen molar-refractivity contribution in [3.05, 3.63) is 11.1 Å². The fourth-order valence-electron chi connectivity index (χ4n) is 2.91. The molecule has 2 rings (SSSR count). The Morgan fingerprint density at radius 2 is 2.00 bits per heavy atom. The molecule has 0 aromatic carbocycles. The second-order valence-corrected chi connectivity index (χ2v) is 6.30. The van der Waals surface area contributed by atoms with Gasteiger partial charge in [-0.2, -0.15) is 0 Å². The third-order valence-electron chi connectivity index (χ3n) is 3.88. The number of rotatable bonds is 4. The number of carboxylic acids is 1. The summed E-state index contributed by atoms with van der Waals surface area (Å²) in [6, 6.07) is -1.18. The minimum atomic E-state index is -1.38. The van der Waals surface area contributed by atoms with Gasteiger partial charge in [-0.15, -0.1) is 0 Å². The van der Waals surface area contributed by atoms with Gasteiger partial charge in [0, 0.05) is 5.03 Å². The van der Waals surface area contributed by atoms with Crippen LogP contribution in [0.25, 0.3) is 0 Å². The van der Waals surface area contributed by atoms with Crippen molar-refractivity contribution in [2.75, 3.05) is 0 Å². The SMILES string of the molecule is CC(C)C[C@@H](C(=O)[O-])N1C(=O)[C@H]2CC=C(Cl)C[C@@H]2C1=O. The molecule has 0 N–H and O–H groups in total. The number of hydrogen-bond acceptors (Lipinski definition) is 4. The van der Waals surface area contributed by atoms with E-state index >= 15 is 0 Å². The van der Waals surface area contributed by atoms with Gasteiger partial charge in [-0.1, -0.05) is 31.5 Å². The highest BCUT2D eigenvalue weighted by Crippen LogP contribution is 2.40. The minimum Gasteiger partial charge on any atom is -0.548 e. The van der Waals surface area contributed by atoms with Gasteiger partial charge in [0.25, 0.3) is 0 Å². The number of fused-ring (bicyclic) bond motifs is 1. The number of likely N-dealkylation sites (tertiary alicyclic amines) is 1. The fourth-order valence-corrected chi connectivity index (χ4v) is 3.17. The molecule has 1 saturated heterocycles. The summed E-state index contributed by atoms with van der Waals surface area (Å²) in [5.74, 6) is -3.16. The van der Waals surface area contributed by atoms with Crippen LogP contribution < -0.4 is 5.11 Å². The monoisotopic (exact) mass is 298 g/mol. The number of carboxylic acid groups (broad SMARTS) is 1. The molecule has 1 heterocycles. The van der Waals surface area contributed by atoms with Crippen LogP contribution in [-0.2, 0) is 14.4 Å². The highest BCUT2D eigenvalue weighted by Gasteiger charge is 2.50. The molecule has 3 atom stereocenters. The van der Waals surface area contributed by atoms with Crippen molar-refractivity contribution < 1.29 is 19.5 Å². The molecular weight excluding hydrogens is 282 g/mol. The summed E-state index contributed by atoms with van der Waals surface area (Å²) in [5.41, 5.74) is 0. The fraction of sp³-hybridized carbons (Fsp3) is 0.643. The van der Waals surface area contributed by atoms with E-state index in [1.54, 1.807) is 6.08 Å². The Labute approximate surface area is 122 Å². The Bertz CT molecular complexity index is 486. The van der Waals surface area contributed by atoms with Crippen molar-refractivity contribution in [2.24, 2.45) is 17.8 Å². The van der Waals surface area contributed by atoms with Gasteiger partial charge in [0.1, 0.15) is 0 Å². The first-order valence-corrected chi connectivity index (χ1v) is 7.13. The number of halogens is 1. The molecule has 2 aliphatic rings. The molecule has 110 valence electrons. The van der Waals surface area contributed by atoms with E-state index in [1.807, 2.05) is 13.8 Å². The first-order valence-electron chi connectivity index (χ1n) is 6.75. The molecule has 1 aliphatic carbocycles. The number of aliphatic carboxylic acids is 1. The Balaban J connectivity index is 2.27. The molecule has 0 radical (unpaired) electrons. The van der Waals surface area contributed by atoms with Crippen molar-refractivity contribution >= 4 is 29.4 Å². The molecule has 2 amide bonds. The van der Waals surface area contributed by atoms with Crippen LogP contribution in [0.2, 0.25) is 0 Å². The molecule has 1 aliphatic heterocycles. The van der Waals surface area contributed by atoms with Gasteiger partial charge in [0.05, 0.1) is 23.8 Å². The standard InChI is InChI=1S/C14H18ClNO4/c1-7(2)5-11(14(19)20)16-12(17)9-4-3-8(15)6-10(9)13(16)18/h3,7,9-11H,4-6H2,1-2H3,(H,19,20)/p-1/t9-,10-,11-/m0/s1. The summed E-state index contributed by atoms with van der Waals surface area (Å²) in [6.45, 7) is 3.68. The Morgan fingerprint density at radius 1 is 1.40 bits per heavy atom. The van der Waals surface area contributed by atoms with Gasteiger partial charge in [-0.3, -0.25) is 14.5 Å². The first-order chi connectivity index (χ1) is 9.32. The summed E-state index contributed by atoms with van der Waals surface area (Å²) >= 11 is 5.92. The van der Waals surface area contributed by atoms with Gasteiger partial charge < -0.3 is 9.90 Å². The molecule has 20 heavy (non-hydrogen) atoms. The molecule has 0 spiro atoms. The van der Waals surface area contributed by atoms with Crippen LogP contribution >= 0.6 is 11.6 Å². The summed E-state index contributed by atoms with van der Waals surface area (Å²) < 4.78 is 0. The van der Waals surface area contributed by atoms with E-state index in [2.05, 4.69) is 0 Å². The predicted octanol–water partition coefficient (Wildman–Crippen LogP) is 0.669. The van der Waals surface area contributed by atoms with Crippen molar-refractivity contribution in [3.63, 3.8) is 0 Å². The number of amides is 2. The summed E-state index contributed by atoms with van der Waals surface area (Å²) in [5, 5.41) is 11.8. The highest BCUT2D eigenvalue weighted by atomic mass is 35.5. The number of nitrogens with zero attached hydrogens (tertiary/aromatic N) is 1. The van der Waals surface area contributed by atoms with Gasteiger partial charge >= 0.3 is 0 Å². The van der Waals surface area contributed by atoms with E-state index in [9.17, 15) is 19.5 Å². The zero-order valence-corrected chi connectivity index (χ0v) is 12.2. The summed E-state index contributed by atoms with van der Waals surface area (Å²) in [6.07, 6.45) is 2.65. The maximum Gasteiger partial charge on any atom is 0.234 e. The molecule has 6 heteroatoms. The van der Waals surface area contributed by atoms with Crippen LogP contribution in [0, 0.1) is 17.8 Å². The van der Waals surface area contributed by atoms with Crippen molar-refractivity contribution in [3.8, 4) is 0 Å². The smallest absolute Gasteiger partial charge is 0.234 e. The molecule has 0 saturated carbocycles. The number of allylic oxidation sites excluding steroid dienone is 2. The zero-order valence-electron chi connectivity index (χ0n) is 11.5. The maximum atomic E-state index is 12.4. The second kappa shape index (κ2) is 5.56. The van der Waals surface area contributed by atoms with Gasteiger partial charge in [-0.25, -0.2) is 0 Å². The maximum absolute atomic E-state index is 12.4. The van der Waals surface area contributed by atoms with Crippen LogP contribution in [0.1, 0.15) is 33.1 Å². The molecule has 0 aromatic heterocycles. The third-order valence-corrected chi connectivity index (χ3v) is 4.19. The Kier molecular flexibility index (Phi) is 4.18. The number of imide groups is 1. The third kappa shape index (κ3) is 2.59. The largest absolute Gasteiger partial charge is 0.548 e. The lowest BCUT2D eigenvalue weighted by Crippen LogP contribution is -2.51. The lowest BCUT2D eigenvalue weighted by atomic mass is 9.85. The quantitative estimate of drug-likeness (QED) is 0.715. The van der Waals surface area contributed by atoms with Gasteiger partial charge in [-0.05, 0) is 25.2 Å². The Hall–Kier alpha value is -1.36. The van der Waals surface area contributed by atoms with Gasteiger partial charge in [0.2, 0.25) is 11.8 Å². The van der Waals surface area contributed by atoms with Crippen LogP contribution in [-0.4, -0.2) is 28.7 Å². The van der Waals surface area contributed by atoms with Crippen LogP contribution in [0.4, 0.5) is 0 Å². The van der Waals surface area contributed by atoms with E-state index in [0.29, 0.717) is 17.9 Å². The minimum absolute atomic E-state index is 0.0443. The first kappa shape index (κ1) is 15.0. The zero-order chi connectivity index (χ0) is 15.0. The van der Waals surface area contributed by atoms with E-state index in [-0.39, 0.29) is 12.3 Å². The van der Waals surface area contributed by atoms with E-state index in [1.165, 1.54) is 0 Å². The highest BCUT2D eigenvalue weighted by molar-refractivity contribution is 6.30. The molecule has 5 nitrogen and oxygen atoms in total. The molecule has 1 fully saturated rings. The summed E-state index contributed by atoms with van der Waals surface area (Å²) in [4.78, 5) is 36.9. The average molecular weight is 299 g/mol. The predicted molar refractivity (Wildman–Crippen MR) is 70.3 cm³/mol. The van der Waals surface area contributed by atoms with Crippen molar-refractivity contribution in [2.45, 2.75) is 39.2 Å². The van der Waals surface area contributed by atoms with Crippen molar-refractivity contribution in [1.82, 2.24) is 4.90 Å². The summed E-state index contributed by atoms with van der Waals surface area (Å²) in [7, 11) is 0. The number of carbonyl (C=O) groups excluding carboxylic acids is 3. The molecule has 0 bridgehead atoms. The normalized spacial score (nSPS) is 27.6. The number of hydrogen-bond donors (Lipinski definition) is 0. The van der Waals surface area contributed by atoms with Crippen LogP contribution in [0.15, 0.2) is 11.1 Å². The Morgan fingerprint density at radius 3 is 2.55 bits per heavy atom. The molecule has 0 aromatic rings. The lowest BCUT2D eigenvalue weighted by Gasteiger charge is -2.28. The topological polar surface area (TPSA) is 77.5 Å². The molecule has 0 unspecified atom stereocenters. The average Bonchev–Trinajstić information content (AvgIpc) is 2.58. The van der Waals surface area contributed by atoms with Gasteiger partial charge in [0.15, 0.2) is 0 Å².